The molecule has 0 spiro atoms. The number of hydrogen-bond acceptors (Lipinski definition) is 6. The van der Waals surface area contributed by atoms with E-state index in [1.165, 1.54) is 0 Å². The van der Waals surface area contributed by atoms with E-state index in [4.69, 9.17) is 0 Å². The first-order valence-corrected chi connectivity index (χ1v) is 12.0. The Balaban J connectivity index is -0.0000000294. The fourth-order valence-electron chi connectivity index (χ4n) is 0.866. The van der Waals surface area contributed by atoms with Crippen molar-refractivity contribution in [1.82, 2.24) is 0 Å². The van der Waals surface area contributed by atoms with Gasteiger partial charge in [-0.1, -0.05) is 119 Å². The molecule has 0 heterocycles. The van der Waals surface area contributed by atoms with Crippen LogP contribution in [-0.2, 0) is 0 Å². The van der Waals surface area contributed by atoms with Crippen LogP contribution in [-0.4, -0.2) is 109 Å². The molecule has 0 unspecified atom stereocenters. The van der Waals surface area contributed by atoms with E-state index in [0.717, 1.165) is 77.0 Å². The maximum atomic E-state index is 9.53. The quantitative estimate of drug-likeness (QED) is 0.331. The summed E-state index contributed by atoms with van der Waals surface area (Å²) in [5, 5.41) is 57.2. The molecule has 0 aromatic carbocycles. The van der Waals surface area contributed by atoms with Crippen molar-refractivity contribution < 1.29 is 30.6 Å². The minimum absolute atomic E-state index is 0. The fraction of sp³-hybridized carbons (Fsp3) is 1.00. The maximum absolute atomic E-state index is 9.53. The van der Waals surface area contributed by atoms with E-state index in [2.05, 4.69) is 0 Å². The summed E-state index contributed by atoms with van der Waals surface area (Å²) in [5.74, 6) is 0. The molecule has 33 heavy (non-hydrogen) atoms. The van der Waals surface area contributed by atoms with Crippen molar-refractivity contribution in [1.29, 1.82) is 0 Å². The van der Waals surface area contributed by atoms with Gasteiger partial charge in [-0.2, -0.15) is 0 Å². The summed E-state index contributed by atoms with van der Waals surface area (Å²) >= 11 is 0. The standard InChI is InChI=1S/6C4H9O.3Mg/c6*1-2-3-4-5;;;/h6*2-4H2,1H3;;;/q6*-1;3*+2. The molecule has 6 nitrogen and oxygen atoms in total. The van der Waals surface area contributed by atoms with Gasteiger partial charge in [-0.25, -0.2) is 0 Å². The van der Waals surface area contributed by atoms with Crippen LogP contribution in [0.25, 0.3) is 0 Å². The predicted octanol–water partition coefficient (Wildman–Crippen LogP) is -0.262. The smallest absolute Gasteiger partial charge is 0.854 e. The summed E-state index contributed by atoms with van der Waals surface area (Å²) in [6.45, 7) is 12.6. The summed E-state index contributed by atoms with van der Waals surface area (Å²) in [6.07, 6.45) is 11.2. The Hall–Kier alpha value is 2.06. The van der Waals surface area contributed by atoms with Crippen LogP contribution in [0, 0.1) is 0 Å². The van der Waals surface area contributed by atoms with Crippen LogP contribution in [0.3, 0.4) is 0 Å². The summed E-state index contributed by atoms with van der Waals surface area (Å²) in [7, 11) is 0. The van der Waals surface area contributed by atoms with E-state index < -0.39 is 0 Å². The molecule has 0 atom stereocenters. The van der Waals surface area contributed by atoms with Gasteiger partial charge in [-0.3, -0.25) is 0 Å². The van der Waals surface area contributed by atoms with Gasteiger partial charge in [0.15, 0.2) is 0 Å². The molecule has 0 amide bonds. The first-order chi connectivity index (χ1) is 14.5. The molecule has 9 heteroatoms. The Morgan fingerprint density at radius 3 is 0.364 bits per heavy atom. The summed E-state index contributed by atoms with van der Waals surface area (Å²) in [6, 6.07) is 0. The van der Waals surface area contributed by atoms with E-state index >= 15 is 0 Å². The topological polar surface area (TPSA) is 138 Å². The van der Waals surface area contributed by atoms with E-state index in [0.29, 0.717) is 0 Å². The molecule has 0 aliphatic carbocycles. The average molecular weight is 512 g/mol. The maximum Gasteiger partial charge on any atom is 2.00 e. The first-order valence-electron chi connectivity index (χ1n) is 12.0. The van der Waals surface area contributed by atoms with Crippen LogP contribution in [0.1, 0.15) is 119 Å². The largest absolute Gasteiger partial charge is 2.00 e. The van der Waals surface area contributed by atoms with Crippen molar-refractivity contribution >= 4 is 69.2 Å². The van der Waals surface area contributed by atoms with Crippen molar-refractivity contribution in [3.05, 3.63) is 0 Å². The van der Waals surface area contributed by atoms with Gasteiger partial charge in [0.05, 0.1) is 0 Å². The van der Waals surface area contributed by atoms with E-state index in [-0.39, 0.29) is 109 Å². The van der Waals surface area contributed by atoms with Crippen molar-refractivity contribution in [2.45, 2.75) is 119 Å². The Bertz CT molecular complexity index is 128. The minimum atomic E-state index is 0. The zero-order valence-corrected chi connectivity index (χ0v) is 27.5. The first kappa shape index (κ1) is 59.9. The molecule has 0 saturated carbocycles. The van der Waals surface area contributed by atoms with Crippen LogP contribution in [0.2, 0.25) is 0 Å². The molecule has 0 aliphatic heterocycles. The zero-order chi connectivity index (χ0) is 24.7. The molecular weight excluding hydrogens is 457 g/mol. The van der Waals surface area contributed by atoms with Gasteiger partial charge in [0.2, 0.25) is 0 Å². The molecule has 192 valence electrons. The monoisotopic (exact) mass is 510 g/mol. The van der Waals surface area contributed by atoms with Gasteiger partial charge in [0.1, 0.15) is 0 Å². The molecule has 0 aliphatic rings. The van der Waals surface area contributed by atoms with Gasteiger partial charge in [0.25, 0.3) is 0 Å². The van der Waals surface area contributed by atoms with Crippen LogP contribution in [0.5, 0.6) is 0 Å². The minimum Gasteiger partial charge on any atom is -0.854 e. The number of hydrogen-bond donors (Lipinski definition) is 0. The molecule has 0 saturated heterocycles. The molecule has 0 aromatic heterocycles. The SMILES string of the molecule is CCCC[O-].CCCC[O-].CCCC[O-].CCCC[O-].CCCC[O-].CCCC[O-].[Mg+2].[Mg+2].[Mg+2]. The summed E-state index contributed by atoms with van der Waals surface area (Å²) in [5.41, 5.74) is 0. The fourth-order valence-corrected chi connectivity index (χ4v) is 0.866. The van der Waals surface area contributed by atoms with Gasteiger partial charge in [-0.05, 0) is 0 Å². The molecule has 0 rings (SSSR count). The third-order valence-corrected chi connectivity index (χ3v) is 2.99. The number of unbranched alkanes of at least 4 members (excludes halogenated alkanes) is 6. The van der Waals surface area contributed by atoms with E-state index in [1.807, 2.05) is 41.5 Å². The van der Waals surface area contributed by atoms with Gasteiger partial charge in [0, 0.05) is 0 Å². The Labute approximate surface area is 256 Å². The second-order valence-corrected chi connectivity index (χ2v) is 6.35. The normalized spacial score (nSPS) is 7.64. The average Bonchev–Trinajstić information content (AvgIpc) is 2.74. The second kappa shape index (κ2) is 92.5. The molecule has 0 fully saturated rings. The Morgan fingerprint density at radius 1 is 0.273 bits per heavy atom. The van der Waals surface area contributed by atoms with Gasteiger partial charge >= 0.3 is 69.2 Å². The summed E-state index contributed by atoms with van der Waals surface area (Å²) in [4.78, 5) is 0. The molecule has 0 N–H and O–H groups in total. The van der Waals surface area contributed by atoms with Crippen LogP contribution >= 0.6 is 0 Å². The third-order valence-electron chi connectivity index (χ3n) is 2.99. The zero-order valence-electron chi connectivity index (χ0n) is 23.3. The van der Waals surface area contributed by atoms with Crippen molar-refractivity contribution in [3.8, 4) is 0 Å². The Morgan fingerprint density at radius 2 is 0.364 bits per heavy atom. The molecular formula is C24H54Mg3O6. The Kier molecular flexibility index (Phi) is 168. The van der Waals surface area contributed by atoms with Crippen LogP contribution in [0.4, 0.5) is 0 Å². The van der Waals surface area contributed by atoms with E-state index in [1.54, 1.807) is 0 Å². The van der Waals surface area contributed by atoms with Gasteiger partial charge in [-0.15, -0.1) is 39.6 Å². The molecule has 0 radical (unpaired) electrons. The molecule has 0 bridgehead atoms. The van der Waals surface area contributed by atoms with Gasteiger partial charge < -0.3 is 30.6 Å². The van der Waals surface area contributed by atoms with Crippen molar-refractivity contribution in [2.75, 3.05) is 39.6 Å². The van der Waals surface area contributed by atoms with E-state index in [9.17, 15) is 30.6 Å². The second-order valence-electron chi connectivity index (χ2n) is 6.35. The third kappa shape index (κ3) is 177. The predicted molar refractivity (Wildman–Crippen MR) is 136 cm³/mol. The summed E-state index contributed by atoms with van der Waals surface area (Å²) < 4.78 is 0. The van der Waals surface area contributed by atoms with Crippen molar-refractivity contribution in [2.24, 2.45) is 0 Å². The van der Waals surface area contributed by atoms with Crippen LogP contribution in [0.15, 0.2) is 0 Å². The number of rotatable bonds is 12. The van der Waals surface area contributed by atoms with Crippen molar-refractivity contribution in [3.63, 3.8) is 0 Å². The molecule has 0 aromatic rings. The van der Waals surface area contributed by atoms with Crippen LogP contribution < -0.4 is 30.6 Å².